The molecule has 180 valence electrons. The van der Waals surface area contributed by atoms with E-state index in [2.05, 4.69) is 4.72 Å². The highest BCUT2D eigenvalue weighted by Crippen LogP contribution is 2.29. The summed E-state index contributed by atoms with van der Waals surface area (Å²) < 4.78 is 68.3. The van der Waals surface area contributed by atoms with Crippen LogP contribution in [0.3, 0.4) is 0 Å². The van der Waals surface area contributed by atoms with Gasteiger partial charge in [-0.3, -0.25) is 14.4 Å². The number of sulfonamides is 1. The second kappa shape index (κ2) is 10.1. The molecule has 1 amide bonds. The van der Waals surface area contributed by atoms with E-state index in [0.717, 1.165) is 12.1 Å². The third-order valence-corrected chi connectivity index (χ3v) is 7.34. The topological polar surface area (TPSA) is 69.7 Å². The van der Waals surface area contributed by atoms with Crippen LogP contribution in [0.5, 0.6) is 0 Å². The average molecular weight is 484 g/mol. The van der Waals surface area contributed by atoms with Crippen LogP contribution in [0.15, 0.2) is 36.4 Å². The van der Waals surface area contributed by atoms with Gasteiger partial charge in [-0.15, -0.1) is 0 Å². The van der Waals surface area contributed by atoms with Crippen molar-refractivity contribution in [3.05, 3.63) is 65.0 Å². The Hall–Kier alpha value is -2.59. The van der Waals surface area contributed by atoms with E-state index >= 15 is 0 Å². The third kappa shape index (κ3) is 5.67. The van der Waals surface area contributed by atoms with Crippen molar-refractivity contribution in [3.8, 4) is 0 Å². The van der Waals surface area contributed by atoms with Crippen LogP contribution in [0.4, 0.5) is 18.9 Å². The van der Waals surface area contributed by atoms with Crippen LogP contribution in [0.1, 0.15) is 49.2 Å². The first-order chi connectivity index (χ1) is 15.5. The van der Waals surface area contributed by atoms with Gasteiger partial charge in [0.05, 0.1) is 5.75 Å². The Bertz CT molecular complexity index is 1110. The minimum atomic E-state index is -3.42. The lowest BCUT2D eigenvalue weighted by Gasteiger charge is -2.42. The summed E-state index contributed by atoms with van der Waals surface area (Å²) in [6, 6.07) is 6.93. The van der Waals surface area contributed by atoms with Gasteiger partial charge in [-0.05, 0) is 56.7 Å². The van der Waals surface area contributed by atoms with E-state index in [0.29, 0.717) is 37.3 Å². The molecule has 0 aromatic heterocycles. The molecular formula is C23H28F3N3O3S. The summed E-state index contributed by atoms with van der Waals surface area (Å²) in [7, 11) is -3.42. The second-order valence-corrected chi connectivity index (χ2v) is 10.1. The lowest BCUT2D eigenvalue weighted by molar-refractivity contribution is 0.0396. The largest absolute Gasteiger partial charge is 0.333 e. The van der Waals surface area contributed by atoms with E-state index in [1.165, 1.54) is 0 Å². The highest BCUT2D eigenvalue weighted by atomic mass is 32.2. The van der Waals surface area contributed by atoms with Gasteiger partial charge < -0.3 is 4.90 Å². The quantitative estimate of drug-likeness (QED) is 0.601. The number of rotatable bonds is 7. The van der Waals surface area contributed by atoms with E-state index in [4.69, 9.17) is 0 Å². The summed E-state index contributed by atoms with van der Waals surface area (Å²) in [4.78, 5) is 16.5. The van der Waals surface area contributed by atoms with Crippen molar-refractivity contribution in [1.29, 1.82) is 0 Å². The second-order valence-electron chi connectivity index (χ2n) is 8.27. The zero-order chi connectivity index (χ0) is 24.3. The number of nitrogens with one attached hydrogen (secondary N) is 1. The van der Waals surface area contributed by atoms with Crippen molar-refractivity contribution in [2.24, 2.45) is 0 Å². The molecule has 2 aromatic carbocycles. The Morgan fingerprint density at radius 3 is 2.33 bits per heavy atom. The molecule has 1 unspecified atom stereocenters. The zero-order valence-electron chi connectivity index (χ0n) is 18.8. The van der Waals surface area contributed by atoms with Gasteiger partial charge in [0.25, 0.3) is 5.91 Å². The standard InChI is InChI=1S/C23H28F3N3O3S/c1-4-13-33(31,32)27-18-7-5-17(6-8-18)23(30)29-12-11-28(14-15(29)2)16(3)21-19(24)9-10-20(25)22(21)26/h5-10,15-16,27H,4,11-14H2,1-3H3/t15-,16?/m1/s1. The first-order valence-corrected chi connectivity index (χ1v) is 12.5. The van der Waals surface area contributed by atoms with Crippen molar-refractivity contribution >= 4 is 21.6 Å². The van der Waals surface area contributed by atoms with Gasteiger partial charge in [0.15, 0.2) is 11.6 Å². The van der Waals surface area contributed by atoms with Crippen LogP contribution in [0, 0.1) is 17.5 Å². The Morgan fingerprint density at radius 2 is 1.73 bits per heavy atom. The molecular weight excluding hydrogens is 455 g/mol. The van der Waals surface area contributed by atoms with Gasteiger partial charge >= 0.3 is 0 Å². The summed E-state index contributed by atoms with van der Waals surface area (Å²) in [6.45, 7) is 6.27. The summed E-state index contributed by atoms with van der Waals surface area (Å²) in [5, 5.41) is 0. The number of nitrogens with zero attached hydrogens (tertiary/aromatic N) is 2. The highest BCUT2D eigenvalue weighted by Gasteiger charge is 2.33. The average Bonchev–Trinajstić information content (AvgIpc) is 2.76. The number of carbonyl (C=O) groups is 1. The molecule has 0 bridgehead atoms. The van der Waals surface area contributed by atoms with Gasteiger partial charge in [-0.25, -0.2) is 21.6 Å². The molecule has 6 nitrogen and oxygen atoms in total. The maximum Gasteiger partial charge on any atom is 0.254 e. The highest BCUT2D eigenvalue weighted by molar-refractivity contribution is 7.92. The number of hydrogen-bond acceptors (Lipinski definition) is 4. The molecule has 1 aliphatic rings. The van der Waals surface area contributed by atoms with Crippen molar-refractivity contribution in [3.63, 3.8) is 0 Å². The fourth-order valence-corrected chi connectivity index (χ4v) is 5.23. The van der Waals surface area contributed by atoms with Crippen molar-refractivity contribution in [2.45, 2.75) is 39.3 Å². The first-order valence-electron chi connectivity index (χ1n) is 10.8. The summed E-state index contributed by atoms with van der Waals surface area (Å²) in [5.41, 5.74) is 0.470. The molecule has 0 spiro atoms. The molecule has 0 radical (unpaired) electrons. The Morgan fingerprint density at radius 1 is 1.09 bits per heavy atom. The number of piperazine rings is 1. The van der Waals surface area contributed by atoms with Crippen LogP contribution in [0.2, 0.25) is 0 Å². The van der Waals surface area contributed by atoms with Gasteiger partial charge in [0.2, 0.25) is 10.0 Å². The molecule has 33 heavy (non-hydrogen) atoms. The number of benzene rings is 2. The van der Waals surface area contributed by atoms with E-state index in [9.17, 15) is 26.4 Å². The minimum Gasteiger partial charge on any atom is -0.333 e. The molecule has 1 fully saturated rings. The molecule has 1 aliphatic heterocycles. The number of halogens is 3. The normalized spacial score (nSPS) is 18.2. The van der Waals surface area contributed by atoms with E-state index in [-0.39, 0.29) is 23.3 Å². The molecule has 2 aromatic rings. The zero-order valence-corrected chi connectivity index (χ0v) is 19.6. The molecule has 1 saturated heterocycles. The van der Waals surface area contributed by atoms with Crippen LogP contribution >= 0.6 is 0 Å². The van der Waals surface area contributed by atoms with Gasteiger partial charge in [-0.1, -0.05) is 6.92 Å². The summed E-state index contributed by atoms with van der Waals surface area (Å²) in [5.74, 6) is -3.30. The lowest BCUT2D eigenvalue weighted by Crippen LogP contribution is -2.54. The van der Waals surface area contributed by atoms with Gasteiger partial charge in [0, 0.05) is 48.5 Å². The van der Waals surface area contributed by atoms with Crippen LogP contribution in [0.25, 0.3) is 0 Å². The van der Waals surface area contributed by atoms with E-state index in [1.54, 1.807) is 43.0 Å². The summed E-state index contributed by atoms with van der Waals surface area (Å²) in [6.07, 6.45) is 0.493. The van der Waals surface area contributed by atoms with Crippen molar-refractivity contribution in [1.82, 2.24) is 9.80 Å². The smallest absolute Gasteiger partial charge is 0.254 e. The minimum absolute atomic E-state index is 0.0112. The number of amides is 1. The van der Waals surface area contributed by atoms with Crippen molar-refractivity contribution in [2.75, 3.05) is 30.1 Å². The van der Waals surface area contributed by atoms with E-state index in [1.807, 2.05) is 11.8 Å². The Balaban J connectivity index is 1.67. The van der Waals surface area contributed by atoms with Gasteiger partial charge in [0.1, 0.15) is 5.82 Å². The predicted octanol–water partition coefficient (Wildman–Crippen LogP) is 4.16. The predicted molar refractivity (Wildman–Crippen MR) is 121 cm³/mol. The maximum atomic E-state index is 14.2. The molecule has 3 rings (SSSR count). The molecule has 2 atom stereocenters. The third-order valence-electron chi connectivity index (χ3n) is 5.84. The molecule has 0 saturated carbocycles. The van der Waals surface area contributed by atoms with Crippen LogP contribution < -0.4 is 4.72 Å². The Kier molecular flexibility index (Phi) is 7.69. The molecule has 0 aliphatic carbocycles. The van der Waals surface area contributed by atoms with Crippen LogP contribution in [-0.4, -0.2) is 55.6 Å². The molecule has 1 heterocycles. The molecule has 10 heteroatoms. The SMILES string of the molecule is CCCS(=O)(=O)Nc1ccc(C(=O)N2CCN(C(C)c3c(F)ccc(F)c3F)C[C@H]2C)cc1. The number of carbonyl (C=O) groups excluding carboxylic acids is 1. The maximum absolute atomic E-state index is 14.2. The Labute approximate surface area is 192 Å². The fraction of sp³-hybridized carbons (Fsp3) is 0.435. The van der Waals surface area contributed by atoms with Crippen LogP contribution in [-0.2, 0) is 10.0 Å². The number of anilines is 1. The lowest BCUT2D eigenvalue weighted by atomic mass is 10.0. The first kappa shape index (κ1) is 25.0. The monoisotopic (exact) mass is 483 g/mol. The fourth-order valence-electron chi connectivity index (χ4n) is 4.09. The summed E-state index contributed by atoms with van der Waals surface area (Å²) >= 11 is 0. The molecule has 1 N–H and O–H groups in total. The van der Waals surface area contributed by atoms with E-state index < -0.39 is 33.5 Å². The van der Waals surface area contributed by atoms with Crippen molar-refractivity contribution < 1.29 is 26.4 Å². The number of hydrogen-bond donors (Lipinski definition) is 1. The van der Waals surface area contributed by atoms with Gasteiger partial charge in [-0.2, -0.15) is 0 Å².